The Morgan fingerprint density at radius 3 is 1.98 bits per heavy atom. The number of nitriles is 1. The van der Waals surface area contributed by atoms with Gasteiger partial charge in [-0.1, -0.05) is 60.7 Å². The molecule has 0 spiro atoms. The number of ether oxygens (including phenoxy) is 2. The molecule has 3 aromatic rings. The van der Waals surface area contributed by atoms with E-state index in [1.54, 1.807) is 42.5 Å². The first-order chi connectivity index (χ1) is 21.9. The van der Waals surface area contributed by atoms with Gasteiger partial charge in [-0.05, 0) is 41.5 Å². The highest BCUT2D eigenvalue weighted by Gasteiger charge is 2.43. The lowest BCUT2D eigenvalue weighted by Crippen LogP contribution is -2.48. The van der Waals surface area contributed by atoms with Crippen molar-refractivity contribution in [2.45, 2.75) is 5.92 Å². The lowest BCUT2D eigenvalue weighted by molar-refractivity contribution is -0.139. The third-order valence-electron chi connectivity index (χ3n) is 7.89. The van der Waals surface area contributed by atoms with Gasteiger partial charge in [0.05, 0.1) is 37.4 Å². The molecule has 0 saturated carbocycles. The lowest BCUT2D eigenvalue weighted by atomic mass is 9.81. The fraction of sp³-hybridized carbons (Fsp3) is 0.200. The lowest BCUT2D eigenvalue weighted by Gasteiger charge is -2.37. The van der Waals surface area contributed by atoms with Crippen LogP contribution < -0.4 is 15.5 Å². The molecule has 0 aromatic heterocycles. The van der Waals surface area contributed by atoms with Crippen molar-refractivity contribution in [2.75, 3.05) is 50.2 Å². The maximum atomic E-state index is 13.3. The number of methoxy groups -OCH3 is 2. The quantitative estimate of drug-likeness (QED) is 0.315. The molecule has 2 aliphatic rings. The van der Waals surface area contributed by atoms with Crippen molar-refractivity contribution in [3.8, 4) is 6.07 Å². The Hall–Kier alpha value is -5.82. The van der Waals surface area contributed by atoms with E-state index >= 15 is 0 Å². The smallest absolute Gasteiger partial charge is 0.355 e. The van der Waals surface area contributed by atoms with Crippen LogP contribution in [0.3, 0.4) is 0 Å². The van der Waals surface area contributed by atoms with Gasteiger partial charge in [0.25, 0.3) is 0 Å². The Labute approximate surface area is 261 Å². The fourth-order valence-corrected chi connectivity index (χ4v) is 5.62. The summed E-state index contributed by atoms with van der Waals surface area (Å²) < 4.78 is 10.2. The molecule has 2 N–H and O–H groups in total. The average molecular weight is 604 g/mol. The van der Waals surface area contributed by atoms with Crippen molar-refractivity contribution in [1.29, 1.82) is 5.26 Å². The van der Waals surface area contributed by atoms with Gasteiger partial charge in [0.1, 0.15) is 11.5 Å². The second-order valence-electron chi connectivity index (χ2n) is 10.4. The fourth-order valence-electron chi connectivity index (χ4n) is 5.62. The first-order valence-corrected chi connectivity index (χ1v) is 14.4. The minimum absolute atomic E-state index is 0.00263. The zero-order valence-corrected chi connectivity index (χ0v) is 25.1. The molecule has 2 aliphatic heterocycles. The molecular weight excluding hydrogens is 570 g/mol. The van der Waals surface area contributed by atoms with E-state index in [2.05, 4.69) is 11.0 Å². The van der Waals surface area contributed by atoms with E-state index in [0.29, 0.717) is 37.4 Å². The van der Waals surface area contributed by atoms with Crippen LogP contribution in [0.1, 0.15) is 17.0 Å². The highest BCUT2D eigenvalue weighted by atomic mass is 16.5. The molecule has 0 aliphatic carbocycles. The van der Waals surface area contributed by atoms with Crippen LogP contribution in [0.5, 0.6) is 0 Å². The maximum Gasteiger partial charge on any atom is 0.355 e. The second-order valence-corrected chi connectivity index (χ2v) is 10.4. The Bertz CT molecular complexity index is 1700. The van der Waals surface area contributed by atoms with Crippen LogP contribution in [-0.2, 0) is 23.9 Å². The molecular formula is C35H33N5O5. The number of allylic oxidation sites excluding steroid dienone is 1. The Morgan fingerprint density at radius 1 is 0.822 bits per heavy atom. The zero-order valence-electron chi connectivity index (χ0n) is 25.1. The van der Waals surface area contributed by atoms with Gasteiger partial charge in [0.15, 0.2) is 0 Å². The Morgan fingerprint density at radius 2 is 1.40 bits per heavy atom. The Balaban J connectivity index is 1.41. The predicted octanol–water partition coefficient (Wildman–Crippen LogP) is 3.95. The van der Waals surface area contributed by atoms with Crippen LogP contribution >= 0.6 is 0 Å². The summed E-state index contributed by atoms with van der Waals surface area (Å²) in [7, 11) is 2.43. The number of hydrogen-bond donors (Lipinski definition) is 1. The standard InChI is InChI=1S/C35H33N5O5/c1-44-34(42)31-30(25-11-7-4-8-12-25)28(23-36)33(37)40(32(31)35(43)45-2)27-16-14-26(15-17-27)38-19-21-39(22-20-38)29(41)18-13-24-9-5-3-6-10-24/h3-18,30H,19-22,37H2,1-2H3. The molecule has 0 radical (unpaired) electrons. The molecule has 1 amide bonds. The number of piperazine rings is 1. The number of rotatable bonds is 7. The van der Waals surface area contributed by atoms with Gasteiger partial charge in [-0.25, -0.2) is 9.59 Å². The normalized spacial score (nSPS) is 16.9. The molecule has 10 heteroatoms. The summed E-state index contributed by atoms with van der Waals surface area (Å²) in [4.78, 5) is 44.6. The third-order valence-corrected chi connectivity index (χ3v) is 7.89. The van der Waals surface area contributed by atoms with E-state index in [4.69, 9.17) is 15.2 Å². The van der Waals surface area contributed by atoms with Gasteiger partial charge < -0.3 is 25.0 Å². The number of benzene rings is 3. The highest BCUT2D eigenvalue weighted by molar-refractivity contribution is 6.06. The molecule has 0 bridgehead atoms. The number of anilines is 2. The summed E-state index contributed by atoms with van der Waals surface area (Å²) in [5.74, 6) is -2.55. The summed E-state index contributed by atoms with van der Waals surface area (Å²) in [6, 6.07) is 28.0. The van der Waals surface area contributed by atoms with Crippen LogP contribution in [0.15, 0.2) is 114 Å². The number of nitrogens with two attached hydrogens (primary N) is 1. The van der Waals surface area contributed by atoms with Crippen molar-refractivity contribution in [3.63, 3.8) is 0 Å². The largest absolute Gasteiger partial charge is 0.466 e. The topological polar surface area (TPSA) is 129 Å². The summed E-state index contributed by atoms with van der Waals surface area (Å²) in [6.07, 6.45) is 3.42. The van der Waals surface area contributed by atoms with Gasteiger partial charge in [-0.3, -0.25) is 9.69 Å². The van der Waals surface area contributed by atoms with E-state index in [9.17, 15) is 19.6 Å². The van der Waals surface area contributed by atoms with Gasteiger partial charge in [-0.2, -0.15) is 5.26 Å². The summed E-state index contributed by atoms with van der Waals surface area (Å²) in [6.45, 7) is 2.39. The van der Waals surface area contributed by atoms with Crippen LogP contribution in [0.2, 0.25) is 0 Å². The zero-order chi connectivity index (χ0) is 31.9. The third kappa shape index (κ3) is 6.28. The van der Waals surface area contributed by atoms with Crippen LogP contribution in [0, 0.1) is 11.3 Å². The minimum atomic E-state index is -0.935. The summed E-state index contributed by atoms with van der Waals surface area (Å²) >= 11 is 0. The SMILES string of the molecule is COC(=O)C1=C(C(=O)OC)N(c2ccc(N3CCN(C(=O)C=Cc4ccccc4)CC3)cc2)C(N)=C(C#N)C1c1ccccc1. The monoisotopic (exact) mass is 603 g/mol. The number of esters is 2. The maximum absolute atomic E-state index is 13.3. The van der Waals surface area contributed by atoms with E-state index in [-0.39, 0.29) is 28.6 Å². The molecule has 45 heavy (non-hydrogen) atoms. The predicted molar refractivity (Wildman–Crippen MR) is 170 cm³/mol. The molecule has 1 unspecified atom stereocenters. The van der Waals surface area contributed by atoms with E-state index in [1.807, 2.05) is 59.5 Å². The van der Waals surface area contributed by atoms with Gasteiger partial charge in [0.2, 0.25) is 5.91 Å². The van der Waals surface area contributed by atoms with Crippen molar-refractivity contribution in [1.82, 2.24) is 4.90 Å². The molecule has 1 fully saturated rings. The molecule has 1 atom stereocenters. The molecule has 3 aromatic carbocycles. The second kappa shape index (κ2) is 13.7. The molecule has 10 nitrogen and oxygen atoms in total. The summed E-state index contributed by atoms with van der Waals surface area (Å²) in [5.41, 5.74) is 9.45. The molecule has 1 saturated heterocycles. The molecule has 5 rings (SSSR count). The number of amides is 1. The van der Waals surface area contributed by atoms with Gasteiger partial charge >= 0.3 is 11.9 Å². The summed E-state index contributed by atoms with van der Waals surface area (Å²) in [5, 5.41) is 10.2. The van der Waals surface area contributed by atoms with Crippen molar-refractivity contribution >= 4 is 35.3 Å². The first-order valence-electron chi connectivity index (χ1n) is 14.4. The molecule has 228 valence electrons. The van der Waals surface area contributed by atoms with Crippen LogP contribution in [0.4, 0.5) is 11.4 Å². The number of hydrogen-bond acceptors (Lipinski definition) is 9. The first kappa shape index (κ1) is 30.6. The van der Waals surface area contributed by atoms with Crippen LogP contribution in [-0.4, -0.2) is 63.1 Å². The van der Waals surface area contributed by atoms with Gasteiger partial charge in [-0.15, -0.1) is 0 Å². The number of carbonyl (C=O) groups is 3. The van der Waals surface area contributed by atoms with Crippen molar-refractivity contribution in [3.05, 3.63) is 125 Å². The van der Waals surface area contributed by atoms with E-state index in [1.165, 1.54) is 19.1 Å². The average Bonchev–Trinajstić information content (AvgIpc) is 3.10. The number of carbonyl (C=O) groups excluding carboxylic acids is 3. The van der Waals surface area contributed by atoms with E-state index < -0.39 is 17.9 Å². The minimum Gasteiger partial charge on any atom is -0.466 e. The van der Waals surface area contributed by atoms with Gasteiger partial charge in [0, 0.05) is 43.6 Å². The van der Waals surface area contributed by atoms with Crippen molar-refractivity contribution < 1.29 is 23.9 Å². The Kier molecular flexibility index (Phi) is 9.29. The number of nitrogens with zero attached hydrogens (tertiary/aromatic N) is 4. The van der Waals surface area contributed by atoms with Crippen molar-refractivity contribution in [2.24, 2.45) is 5.73 Å². The van der Waals surface area contributed by atoms with E-state index in [0.717, 1.165) is 11.3 Å². The van der Waals surface area contributed by atoms with Crippen LogP contribution in [0.25, 0.3) is 6.08 Å². The molecule has 2 heterocycles. The highest BCUT2D eigenvalue weighted by Crippen LogP contribution is 2.43.